The SMILES string of the molecule is CCOC(=O)c1ccc(Cn2cnc3scc(-c4ccc(C)c(C)c4)c3c2=O)o1. The number of thiophene rings is 1. The van der Waals surface area contributed by atoms with Crippen LogP contribution in [0, 0.1) is 13.8 Å². The van der Waals surface area contributed by atoms with Crippen LogP contribution in [-0.4, -0.2) is 22.1 Å². The van der Waals surface area contributed by atoms with Crippen molar-refractivity contribution in [3.8, 4) is 11.1 Å². The molecule has 4 aromatic rings. The summed E-state index contributed by atoms with van der Waals surface area (Å²) in [5.41, 5.74) is 4.12. The third kappa shape index (κ3) is 3.61. The monoisotopic (exact) mass is 408 g/mol. The zero-order chi connectivity index (χ0) is 20.5. The molecule has 1 aromatic carbocycles. The summed E-state index contributed by atoms with van der Waals surface area (Å²) in [4.78, 5) is 30.1. The van der Waals surface area contributed by atoms with E-state index in [1.807, 2.05) is 11.4 Å². The minimum absolute atomic E-state index is 0.121. The molecule has 0 saturated carbocycles. The zero-order valence-corrected chi connectivity index (χ0v) is 17.2. The lowest BCUT2D eigenvalue weighted by molar-refractivity contribution is 0.0488. The standard InChI is InChI=1S/C22H20N2O4S/c1-4-27-22(26)18-8-7-16(28-18)10-24-12-23-20-19(21(24)25)17(11-29-20)15-6-5-13(2)14(3)9-15/h5-9,11-12H,4,10H2,1-3H3. The molecule has 0 amide bonds. The van der Waals surface area contributed by atoms with E-state index < -0.39 is 5.97 Å². The summed E-state index contributed by atoms with van der Waals surface area (Å²) in [6.07, 6.45) is 1.51. The normalized spacial score (nSPS) is 11.1. The molecule has 6 nitrogen and oxygen atoms in total. The first-order valence-electron chi connectivity index (χ1n) is 9.28. The van der Waals surface area contributed by atoms with Crippen molar-refractivity contribution in [2.45, 2.75) is 27.3 Å². The number of rotatable bonds is 5. The highest BCUT2D eigenvalue weighted by Crippen LogP contribution is 2.31. The van der Waals surface area contributed by atoms with Gasteiger partial charge in [0.05, 0.1) is 24.9 Å². The van der Waals surface area contributed by atoms with Crippen molar-refractivity contribution in [1.82, 2.24) is 9.55 Å². The fraction of sp³-hybridized carbons (Fsp3) is 0.227. The van der Waals surface area contributed by atoms with Crippen molar-refractivity contribution in [2.75, 3.05) is 6.61 Å². The molecule has 3 heterocycles. The summed E-state index contributed by atoms with van der Waals surface area (Å²) in [6.45, 7) is 6.31. The Morgan fingerprint density at radius 1 is 1.21 bits per heavy atom. The van der Waals surface area contributed by atoms with Crippen LogP contribution in [0.4, 0.5) is 0 Å². The topological polar surface area (TPSA) is 74.3 Å². The highest BCUT2D eigenvalue weighted by atomic mass is 32.1. The molecule has 0 saturated heterocycles. The molecule has 4 rings (SSSR count). The van der Waals surface area contributed by atoms with Crippen LogP contribution in [-0.2, 0) is 11.3 Å². The highest BCUT2D eigenvalue weighted by molar-refractivity contribution is 7.17. The van der Waals surface area contributed by atoms with Crippen LogP contribution in [0.1, 0.15) is 34.4 Å². The smallest absolute Gasteiger partial charge is 0.374 e. The Bertz CT molecular complexity index is 1270. The predicted molar refractivity (Wildman–Crippen MR) is 113 cm³/mol. The molecule has 0 aliphatic carbocycles. The quantitative estimate of drug-likeness (QED) is 0.453. The molecule has 0 spiro atoms. The van der Waals surface area contributed by atoms with Gasteiger partial charge in [0, 0.05) is 10.9 Å². The number of carbonyl (C=O) groups excluding carboxylic acids is 1. The summed E-state index contributed by atoms with van der Waals surface area (Å²) >= 11 is 1.45. The Hall–Kier alpha value is -3.19. The lowest BCUT2D eigenvalue weighted by atomic mass is 10.0. The summed E-state index contributed by atoms with van der Waals surface area (Å²) in [5, 5.41) is 2.57. The van der Waals surface area contributed by atoms with Gasteiger partial charge in [0.1, 0.15) is 10.6 Å². The van der Waals surface area contributed by atoms with Gasteiger partial charge in [-0.15, -0.1) is 11.3 Å². The van der Waals surface area contributed by atoms with Crippen LogP contribution in [0.3, 0.4) is 0 Å². The number of benzene rings is 1. The van der Waals surface area contributed by atoms with Gasteiger partial charge in [-0.25, -0.2) is 9.78 Å². The number of furan rings is 1. The molecular weight excluding hydrogens is 388 g/mol. The van der Waals surface area contributed by atoms with Crippen molar-refractivity contribution in [2.24, 2.45) is 0 Å². The van der Waals surface area contributed by atoms with Crippen molar-refractivity contribution in [3.63, 3.8) is 0 Å². The minimum Gasteiger partial charge on any atom is -0.460 e. The van der Waals surface area contributed by atoms with Crippen LogP contribution in [0.15, 0.2) is 51.3 Å². The number of ether oxygens (including phenoxy) is 1. The van der Waals surface area contributed by atoms with E-state index >= 15 is 0 Å². The highest BCUT2D eigenvalue weighted by Gasteiger charge is 2.16. The molecule has 0 aliphatic heterocycles. The van der Waals surface area contributed by atoms with E-state index in [0.29, 0.717) is 16.0 Å². The first kappa shape index (κ1) is 19.1. The lowest BCUT2D eigenvalue weighted by Gasteiger charge is -2.06. The van der Waals surface area contributed by atoms with Crippen molar-refractivity contribution >= 4 is 27.5 Å². The van der Waals surface area contributed by atoms with E-state index in [4.69, 9.17) is 9.15 Å². The number of aryl methyl sites for hydroxylation is 2. The van der Waals surface area contributed by atoms with Crippen LogP contribution in [0.2, 0.25) is 0 Å². The van der Waals surface area contributed by atoms with Crippen LogP contribution < -0.4 is 5.56 Å². The average molecular weight is 408 g/mol. The average Bonchev–Trinajstić information content (AvgIpc) is 3.34. The fourth-order valence-corrected chi connectivity index (χ4v) is 4.05. The van der Waals surface area contributed by atoms with Gasteiger partial charge < -0.3 is 9.15 Å². The lowest BCUT2D eigenvalue weighted by Crippen LogP contribution is -2.20. The summed E-state index contributed by atoms with van der Waals surface area (Å²) in [7, 11) is 0. The van der Waals surface area contributed by atoms with Gasteiger partial charge in [-0.1, -0.05) is 18.2 Å². The minimum atomic E-state index is -0.519. The second-order valence-electron chi connectivity index (χ2n) is 6.79. The number of nitrogens with zero attached hydrogens (tertiary/aromatic N) is 2. The maximum atomic E-state index is 13.2. The van der Waals surface area contributed by atoms with E-state index in [0.717, 1.165) is 11.1 Å². The third-order valence-corrected chi connectivity index (χ3v) is 5.73. The molecule has 0 radical (unpaired) electrons. The number of aromatic nitrogens is 2. The van der Waals surface area contributed by atoms with Crippen LogP contribution >= 0.6 is 11.3 Å². The van der Waals surface area contributed by atoms with Gasteiger partial charge >= 0.3 is 5.97 Å². The van der Waals surface area contributed by atoms with Crippen molar-refractivity contribution < 1.29 is 13.9 Å². The van der Waals surface area contributed by atoms with E-state index in [1.165, 1.54) is 33.4 Å². The van der Waals surface area contributed by atoms with E-state index in [1.54, 1.807) is 19.1 Å². The molecule has 0 aliphatic rings. The van der Waals surface area contributed by atoms with E-state index in [9.17, 15) is 9.59 Å². The number of carbonyl (C=O) groups is 1. The van der Waals surface area contributed by atoms with E-state index in [-0.39, 0.29) is 24.5 Å². The Kier molecular flexibility index (Phi) is 5.07. The maximum Gasteiger partial charge on any atom is 0.374 e. The molecule has 148 valence electrons. The van der Waals surface area contributed by atoms with Gasteiger partial charge in [0.15, 0.2) is 0 Å². The Balaban J connectivity index is 1.72. The van der Waals surface area contributed by atoms with Gasteiger partial charge in [-0.3, -0.25) is 9.36 Å². The van der Waals surface area contributed by atoms with E-state index in [2.05, 4.69) is 31.0 Å². The molecule has 0 unspecified atom stereocenters. The van der Waals surface area contributed by atoms with Crippen LogP contribution in [0.25, 0.3) is 21.3 Å². The Labute approximate surface area is 171 Å². The second kappa shape index (κ2) is 7.67. The summed E-state index contributed by atoms with van der Waals surface area (Å²) in [5.74, 6) is 0.0871. The number of fused-ring (bicyclic) bond motifs is 1. The van der Waals surface area contributed by atoms with Gasteiger partial charge in [0.25, 0.3) is 5.56 Å². The largest absolute Gasteiger partial charge is 0.460 e. The predicted octanol–water partition coefficient (Wildman–Crippen LogP) is 4.56. The second-order valence-corrected chi connectivity index (χ2v) is 7.65. The maximum absolute atomic E-state index is 13.2. The molecule has 0 fully saturated rings. The molecular formula is C22H20N2O4S. The molecule has 0 bridgehead atoms. The van der Waals surface area contributed by atoms with Gasteiger partial charge in [-0.05, 0) is 49.6 Å². The van der Waals surface area contributed by atoms with Crippen molar-refractivity contribution in [1.29, 1.82) is 0 Å². The zero-order valence-electron chi connectivity index (χ0n) is 16.4. The first-order chi connectivity index (χ1) is 14.0. The summed E-state index contributed by atoms with van der Waals surface area (Å²) in [6, 6.07) is 9.39. The first-order valence-corrected chi connectivity index (χ1v) is 10.2. The number of hydrogen-bond acceptors (Lipinski definition) is 6. The molecule has 0 N–H and O–H groups in total. The molecule has 29 heavy (non-hydrogen) atoms. The van der Waals surface area contributed by atoms with Crippen LogP contribution in [0.5, 0.6) is 0 Å². The van der Waals surface area contributed by atoms with Gasteiger partial charge in [0.2, 0.25) is 5.76 Å². The summed E-state index contributed by atoms with van der Waals surface area (Å²) < 4.78 is 12.0. The van der Waals surface area contributed by atoms with Gasteiger partial charge in [-0.2, -0.15) is 0 Å². The Morgan fingerprint density at radius 2 is 2.03 bits per heavy atom. The molecule has 7 heteroatoms. The number of esters is 1. The molecule has 3 aromatic heterocycles. The Morgan fingerprint density at radius 3 is 2.79 bits per heavy atom. The van der Waals surface area contributed by atoms with Crippen molar-refractivity contribution in [3.05, 3.63) is 75.0 Å². The molecule has 0 atom stereocenters. The number of hydrogen-bond donors (Lipinski definition) is 0. The third-order valence-electron chi connectivity index (χ3n) is 4.84. The fourth-order valence-electron chi connectivity index (χ4n) is 3.14.